The number of thiophene rings is 1. The molecule has 0 fully saturated rings. The van der Waals surface area contributed by atoms with Crippen molar-refractivity contribution >= 4 is 38.9 Å². The maximum atomic E-state index is 6.12. The molecule has 4 heteroatoms. The molecule has 1 atom stereocenters. The first-order valence-electron chi connectivity index (χ1n) is 4.42. The molecule has 0 saturated carbocycles. The summed E-state index contributed by atoms with van der Waals surface area (Å²) in [6.07, 6.45) is 0. The Hall–Kier alpha value is -0.350. The highest BCUT2D eigenvalue weighted by Crippen LogP contribution is 2.29. The maximum Gasteiger partial charge on any atom is 0.0646 e. The van der Waals surface area contributed by atoms with Crippen LogP contribution >= 0.6 is 38.9 Å². The van der Waals surface area contributed by atoms with E-state index in [0.29, 0.717) is 5.02 Å². The van der Waals surface area contributed by atoms with Gasteiger partial charge in [0, 0.05) is 9.35 Å². The van der Waals surface area contributed by atoms with E-state index in [-0.39, 0.29) is 6.04 Å². The van der Waals surface area contributed by atoms with Crippen molar-refractivity contribution in [3.8, 4) is 0 Å². The van der Waals surface area contributed by atoms with Crippen molar-refractivity contribution in [2.24, 2.45) is 5.73 Å². The first-order valence-corrected chi connectivity index (χ1v) is 6.47. The SMILES string of the molecule is NC(c1ccc(Br)c(Cl)c1)c1cccs1. The van der Waals surface area contributed by atoms with Gasteiger partial charge in [-0.05, 0) is 45.1 Å². The smallest absolute Gasteiger partial charge is 0.0646 e. The molecular formula is C11H9BrClNS. The third-order valence-electron chi connectivity index (χ3n) is 2.15. The van der Waals surface area contributed by atoms with Gasteiger partial charge < -0.3 is 5.73 Å². The number of benzene rings is 1. The molecule has 2 aromatic rings. The van der Waals surface area contributed by atoms with Gasteiger partial charge in [-0.3, -0.25) is 0 Å². The highest BCUT2D eigenvalue weighted by atomic mass is 79.9. The molecule has 2 rings (SSSR count). The zero-order valence-corrected chi connectivity index (χ0v) is 10.9. The van der Waals surface area contributed by atoms with E-state index in [9.17, 15) is 0 Å². The van der Waals surface area contributed by atoms with E-state index in [2.05, 4.69) is 15.9 Å². The summed E-state index contributed by atoms with van der Waals surface area (Å²) in [5, 5.41) is 2.72. The van der Waals surface area contributed by atoms with Crippen molar-refractivity contribution in [2.45, 2.75) is 6.04 Å². The molecule has 15 heavy (non-hydrogen) atoms. The molecule has 0 bridgehead atoms. The Labute approximate surface area is 106 Å². The molecule has 0 amide bonds. The molecule has 78 valence electrons. The zero-order valence-electron chi connectivity index (χ0n) is 7.78. The van der Waals surface area contributed by atoms with Gasteiger partial charge in [0.25, 0.3) is 0 Å². The van der Waals surface area contributed by atoms with Crippen LogP contribution in [0.4, 0.5) is 0 Å². The van der Waals surface area contributed by atoms with Gasteiger partial charge in [-0.25, -0.2) is 0 Å². The van der Waals surface area contributed by atoms with E-state index in [0.717, 1.165) is 14.9 Å². The van der Waals surface area contributed by atoms with Gasteiger partial charge in [-0.1, -0.05) is 23.7 Å². The summed E-state index contributed by atoms with van der Waals surface area (Å²) in [6, 6.07) is 9.75. The number of nitrogens with two attached hydrogens (primary N) is 1. The van der Waals surface area contributed by atoms with Crippen LogP contribution in [0.2, 0.25) is 5.02 Å². The Morgan fingerprint density at radius 3 is 2.73 bits per heavy atom. The lowest BCUT2D eigenvalue weighted by atomic mass is 10.1. The van der Waals surface area contributed by atoms with Gasteiger partial charge in [0.15, 0.2) is 0 Å². The van der Waals surface area contributed by atoms with Crippen LogP contribution in [0.1, 0.15) is 16.5 Å². The third kappa shape index (κ3) is 2.42. The maximum absolute atomic E-state index is 6.12. The van der Waals surface area contributed by atoms with E-state index in [1.54, 1.807) is 11.3 Å². The summed E-state index contributed by atoms with van der Waals surface area (Å²) in [6.45, 7) is 0. The van der Waals surface area contributed by atoms with Crippen molar-refractivity contribution < 1.29 is 0 Å². The second kappa shape index (κ2) is 4.66. The van der Waals surface area contributed by atoms with Crippen LogP contribution in [-0.2, 0) is 0 Å². The van der Waals surface area contributed by atoms with Crippen molar-refractivity contribution in [2.75, 3.05) is 0 Å². The van der Waals surface area contributed by atoms with E-state index in [4.69, 9.17) is 17.3 Å². The fourth-order valence-electron chi connectivity index (χ4n) is 1.34. The second-order valence-electron chi connectivity index (χ2n) is 3.17. The number of halogens is 2. The Kier molecular flexibility index (Phi) is 3.46. The molecule has 1 aromatic carbocycles. The Morgan fingerprint density at radius 1 is 1.33 bits per heavy atom. The lowest BCUT2D eigenvalue weighted by Gasteiger charge is -2.10. The largest absolute Gasteiger partial charge is 0.320 e. The zero-order chi connectivity index (χ0) is 10.8. The van der Waals surface area contributed by atoms with Gasteiger partial charge in [-0.2, -0.15) is 0 Å². The van der Waals surface area contributed by atoms with Crippen LogP contribution in [0.25, 0.3) is 0 Å². The summed E-state index contributed by atoms with van der Waals surface area (Å²) in [7, 11) is 0. The van der Waals surface area contributed by atoms with Crippen LogP contribution in [-0.4, -0.2) is 0 Å². The van der Waals surface area contributed by atoms with Crippen LogP contribution in [0.15, 0.2) is 40.2 Å². The average Bonchev–Trinajstić information content (AvgIpc) is 2.74. The van der Waals surface area contributed by atoms with Gasteiger partial charge in [0.05, 0.1) is 11.1 Å². The van der Waals surface area contributed by atoms with Crippen molar-refractivity contribution in [1.82, 2.24) is 0 Å². The molecule has 1 heterocycles. The fourth-order valence-corrected chi connectivity index (χ4v) is 2.53. The summed E-state index contributed by atoms with van der Waals surface area (Å²) >= 11 is 11.0. The molecular weight excluding hydrogens is 294 g/mol. The van der Waals surface area contributed by atoms with Gasteiger partial charge in [-0.15, -0.1) is 11.3 Å². The van der Waals surface area contributed by atoms with E-state index < -0.39 is 0 Å². The van der Waals surface area contributed by atoms with Crippen LogP contribution in [0, 0.1) is 0 Å². The molecule has 0 saturated heterocycles. The first kappa shape index (κ1) is 11.1. The number of rotatable bonds is 2. The molecule has 2 N–H and O–H groups in total. The molecule has 1 nitrogen and oxygen atoms in total. The molecule has 1 aromatic heterocycles. The predicted molar refractivity (Wildman–Crippen MR) is 69.5 cm³/mol. The lowest BCUT2D eigenvalue weighted by Crippen LogP contribution is -2.09. The standard InChI is InChI=1S/C11H9BrClNS/c12-8-4-3-7(6-9(8)13)11(14)10-2-1-5-15-10/h1-6,11H,14H2. The van der Waals surface area contributed by atoms with Gasteiger partial charge in [0.2, 0.25) is 0 Å². The average molecular weight is 303 g/mol. The first-order chi connectivity index (χ1) is 7.18. The highest BCUT2D eigenvalue weighted by molar-refractivity contribution is 9.10. The fraction of sp³-hybridized carbons (Fsp3) is 0.0909. The van der Waals surface area contributed by atoms with Crippen molar-refractivity contribution in [3.05, 3.63) is 55.6 Å². The molecule has 0 spiro atoms. The molecule has 0 aliphatic rings. The Morgan fingerprint density at radius 2 is 2.13 bits per heavy atom. The molecule has 0 aliphatic carbocycles. The van der Waals surface area contributed by atoms with Crippen LogP contribution in [0.3, 0.4) is 0 Å². The van der Waals surface area contributed by atoms with Gasteiger partial charge in [0.1, 0.15) is 0 Å². The Bertz CT molecular complexity index is 456. The normalized spacial score (nSPS) is 12.7. The van der Waals surface area contributed by atoms with Crippen LogP contribution in [0.5, 0.6) is 0 Å². The molecule has 0 radical (unpaired) electrons. The number of hydrogen-bond donors (Lipinski definition) is 1. The van der Waals surface area contributed by atoms with Crippen LogP contribution < -0.4 is 5.73 Å². The van der Waals surface area contributed by atoms with E-state index in [1.165, 1.54) is 0 Å². The lowest BCUT2D eigenvalue weighted by molar-refractivity contribution is 0.893. The minimum Gasteiger partial charge on any atom is -0.320 e. The van der Waals surface area contributed by atoms with Gasteiger partial charge >= 0.3 is 0 Å². The third-order valence-corrected chi connectivity index (χ3v) is 4.34. The highest BCUT2D eigenvalue weighted by Gasteiger charge is 2.10. The summed E-state index contributed by atoms with van der Waals surface area (Å²) < 4.78 is 0.895. The van der Waals surface area contributed by atoms with Crippen molar-refractivity contribution in [1.29, 1.82) is 0 Å². The summed E-state index contributed by atoms with van der Waals surface area (Å²) in [5.74, 6) is 0. The van der Waals surface area contributed by atoms with E-state index >= 15 is 0 Å². The minimum absolute atomic E-state index is 0.0874. The summed E-state index contributed by atoms with van der Waals surface area (Å²) in [4.78, 5) is 1.15. The van der Waals surface area contributed by atoms with E-state index in [1.807, 2.05) is 35.7 Å². The minimum atomic E-state index is -0.0874. The predicted octanol–water partition coefficient (Wildman–Crippen LogP) is 4.21. The van der Waals surface area contributed by atoms with Crippen molar-refractivity contribution in [3.63, 3.8) is 0 Å². The Balaban J connectivity index is 2.34. The topological polar surface area (TPSA) is 26.0 Å². The monoisotopic (exact) mass is 301 g/mol. The second-order valence-corrected chi connectivity index (χ2v) is 5.41. The quantitative estimate of drug-likeness (QED) is 0.883. The molecule has 1 unspecified atom stereocenters. The summed E-state index contributed by atoms with van der Waals surface area (Å²) in [5.41, 5.74) is 7.15. The molecule has 0 aliphatic heterocycles. The number of hydrogen-bond acceptors (Lipinski definition) is 2.